The van der Waals surface area contributed by atoms with Crippen molar-refractivity contribution in [3.63, 3.8) is 0 Å². The van der Waals surface area contributed by atoms with Crippen LogP contribution in [0.3, 0.4) is 0 Å². The predicted octanol–water partition coefficient (Wildman–Crippen LogP) is 2.91. The average molecular weight is 295 g/mol. The van der Waals surface area contributed by atoms with Gasteiger partial charge in [0.2, 0.25) is 5.91 Å². The zero-order chi connectivity index (χ0) is 14.6. The van der Waals surface area contributed by atoms with Crippen LogP contribution in [0.5, 0.6) is 0 Å². The number of nitrogens with one attached hydrogen (secondary N) is 1. The third kappa shape index (κ3) is 3.97. The maximum Gasteiger partial charge on any atom is 0.220 e. The Morgan fingerprint density at radius 3 is 2.80 bits per heavy atom. The fraction of sp³-hybridized carbons (Fsp3) is 0.562. The van der Waals surface area contributed by atoms with Crippen molar-refractivity contribution in [3.8, 4) is 0 Å². The Kier molecular flexibility index (Phi) is 5.06. The number of hydrogen-bond donors (Lipinski definition) is 2. The second-order valence-corrected chi connectivity index (χ2v) is 6.47. The first-order chi connectivity index (χ1) is 9.53. The zero-order valence-corrected chi connectivity index (χ0v) is 12.7. The number of amides is 1. The van der Waals surface area contributed by atoms with Crippen LogP contribution in [0.2, 0.25) is 5.02 Å². The molecule has 1 aromatic rings. The van der Waals surface area contributed by atoms with Gasteiger partial charge in [0.1, 0.15) is 0 Å². The average Bonchev–Trinajstić information content (AvgIpc) is 2.33. The van der Waals surface area contributed by atoms with Gasteiger partial charge in [0.05, 0.1) is 0 Å². The molecule has 1 amide bonds. The number of benzene rings is 1. The SMILES string of the molecule is CC(Cc1cccc(Cl)c1)NC(=O)CC1(CN)CCC1. The molecular formula is C16H23ClN2O. The zero-order valence-electron chi connectivity index (χ0n) is 12.0. The summed E-state index contributed by atoms with van der Waals surface area (Å²) in [5.74, 6) is 0.115. The summed E-state index contributed by atoms with van der Waals surface area (Å²) in [6, 6.07) is 7.87. The minimum absolute atomic E-state index is 0.0693. The van der Waals surface area contributed by atoms with Gasteiger partial charge in [-0.05, 0) is 55.8 Å². The third-order valence-electron chi connectivity index (χ3n) is 4.22. The van der Waals surface area contributed by atoms with Crippen LogP contribution < -0.4 is 11.1 Å². The summed E-state index contributed by atoms with van der Waals surface area (Å²) in [4.78, 5) is 12.1. The van der Waals surface area contributed by atoms with E-state index in [1.54, 1.807) is 0 Å². The van der Waals surface area contributed by atoms with Crippen LogP contribution in [-0.2, 0) is 11.2 Å². The van der Waals surface area contributed by atoms with Crippen LogP contribution in [-0.4, -0.2) is 18.5 Å². The van der Waals surface area contributed by atoms with Crippen molar-refractivity contribution in [1.29, 1.82) is 0 Å². The molecule has 0 spiro atoms. The molecule has 0 heterocycles. The van der Waals surface area contributed by atoms with Crippen molar-refractivity contribution < 1.29 is 4.79 Å². The van der Waals surface area contributed by atoms with Gasteiger partial charge in [-0.3, -0.25) is 4.79 Å². The van der Waals surface area contributed by atoms with E-state index in [-0.39, 0.29) is 17.4 Å². The Bertz CT molecular complexity index is 466. The first-order valence-corrected chi connectivity index (χ1v) is 7.65. The van der Waals surface area contributed by atoms with Gasteiger partial charge in [0.25, 0.3) is 0 Å². The van der Waals surface area contributed by atoms with Crippen LogP contribution in [0, 0.1) is 5.41 Å². The lowest BCUT2D eigenvalue weighted by molar-refractivity contribution is -0.125. The second-order valence-electron chi connectivity index (χ2n) is 6.04. The largest absolute Gasteiger partial charge is 0.353 e. The van der Waals surface area contributed by atoms with Crippen LogP contribution in [0.4, 0.5) is 0 Å². The number of carbonyl (C=O) groups excluding carboxylic acids is 1. The highest BCUT2D eigenvalue weighted by Gasteiger charge is 2.37. The summed E-state index contributed by atoms with van der Waals surface area (Å²) in [5.41, 5.74) is 7.00. The summed E-state index contributed by atoms with van der Waals surface area (Å²) in [7, 11) is 0. The van der Waals surface area contributed by atoms with Crippen molar-refractivity contribution in [2.45, 2.75) is 45.1 Å². The first-order valence-electron chi connectivity index (χ1n) is 7.27. The molecule has 1 unspecified atom stereocenters. The minimum Gasteiger partial charge on any atom is -0.353 e. The molecule has 1 aliphatic carbocycles. The molecule has 0 bridgehead atoms. The fourth-order valence-corrected chi connectivity index (χ4v) is 3.08. The Morgan fingerprint density at radius 2 is 2.25 bits per heavy atom. The fourth-order valence-electron chi connectivity index (χ4n) is 2.86. The molecule has 1 fully saturated rings. The van der Waals surface area contributed by atoms with Crippen LogP contribution in [0.15, 0.2) is 24.3 Å². The van der Waals surface area contributed by atoms with E-state index in [1.165, 1.54) is 6.42 Å². The topological polar surface area (TPSA) is 55.1 Å². The quantitative estimate of drug-likeness (QED) is 0.847. The molecule has 4 heteroatoms. The second kappa shape index (κ2) is 6.59. The van der Waals surface area contributed by atoms with E-state index in [0.29, 0.717) is 13.0 Å². The Balaban J connectivity index is 1.82. The lowest BCUT2D eigenvalue weighted by Crippen LogP contribution is -2.44. The van der Waals surface area contributed by atoms with Crippen LogP contribution in [0.1, 0.15) is 38.2 Å². The summed E-state index contributed by atoms with van der Waals surface area (Å²) in [5, 5.41) is 3.80. The molecule has 1 aromatic carbocycles. The maximum absolute atomic E-state index is 12.1. The first kappa shape index (κ1) is 15.3. The Labute approximate surface area is 125 Å². The molecule has 0 radical (unpaired) electrons. The Morgan fingerprint density at radius 1 is 1.50 bits per heavy atom. The van der Waals surface area contributed by atoms with Gasteiger partial charge in [-0.25, -0.2) is 0 Å². The van der Waals surface area contributed by atoms with Gasteiger partial charge in [-0.1, -0.05) is 30.2 Å². The van der Waals surface area contributed by atoms with Gasteiger partial charge < -0.3 is 11.1 Å². The molecule has 0 aliphatic heterocycles. The lowest BCUT2D eigenvalue weighted by Gasteiger charge is -2.40. The monoisotopic (exact) mass is 294 g/mol. The van der Waals surface area contributed by atoms with E-state index in [9.17, 15) is 4.79 Å². The molecule has 110 valence electrons. The summed E-state index contributed by atoms with van der Waals surface area (Å²) in [6.45, 7) is 2.64. The predicted molar refractivity (Wildman–Crippen MR) is 82.7 cm³/mol. The molecule has 20 heavy (non-hydrogen) atoms. The highest BCUT2D eigenvalue weighted by Crippen LogP contribution is 2.42. The summed E-state index contributed by atoms with van der Waals surface area (Å²) < 4.78 is 0. The highest BCUT2D eigenvalue weighted by molar-refractivity contribution is 6.30. The number of carbonyl (C=O) groups is 1. The van der Waals surface area contributed by atoms with E-state index >= 15 is 0 Å². The van der Waals surface area contributed by atoms with Crippen molar-refractivity contribution >= 4 is 17.5 Å². The summed E-state index contributed by atoms with van der Waals surface area (Å²) in [6.07, 6.45) is 4.72. The van der Waals surface area contributed by atoms with Gasteiger partial charge in [0.15, 0.2) is 0 Å². The van der Waals surface area contributed by atoms with Gasteiger partial charge in [0, 0.05) is 17.5 Å². The van der Waals surface area contributed by atoms with E-state index in [1.807, 2.05) is 31.2 Å². The standard InChI is InChI=1S/C16H23ClN2O/c1-12(8-13-4-2-5-14(17)9-13)19-15(20)10-16(11-18)6-3-7-16/h2,4-5,9,12H,3,6-8,10-11,18H2,1H3,(H,19,20). The number of rotatable bonds is 6. The molecule has 0 aromatic heterocycles. The smallest absolute Gasteiger partial charge is 0.220 e. The van der Waals surface area contributed by atoms with E-state index in [4.69, 9.17) is 17.3 Å². The Hall–Kier alpha value is -1.06. The van der Waals surface area contributed by atoms with E-state index in [2.05, 4.69) is 5.32 Å². The van der Waals surface area contributed by atoms with Crippen molar-refractivity contribution in [2.24, 2.45) is 11.1 Å². The van der Waals surface area contributed by atoms with Crippen molar-refractivity contribution in [3.05, 3.63) is 34.9 Å². The third-order valence-corrected chi connectivity index (χ3v) is 4.46. The molecule has 1 aliphatic rings. The number of nitrogens with two attached hydrogens (primary N) is 1. The van der Waals surface area contributed by atoms with Gasteiger partial charge >= 0.3 is 0 Å². The molecule has 1 saturated carbocycles. The van der Waals surface area contributed by atoms with Crippen molar-refractivity contribution in [2.75, 3.05) is 6.54 Å². The van der Waals surface area contributed by atoms with E-state index in [0.717, 1.165) is 29.8 Å². The maximum atomic E-state index is 12.1. The van der Waals surface area contributed by atoms with Gasteiger partial charge in [-0.2, -0.15) is 0 Å². The highest BCUT2D eigenvalue weighted by atomic mass is 35.5. The number of halogens is 1. The van der Waals surface area contributed by atoms with Gasteiger partial charge in [-0.15, -0.1) is 0 Å². The normalized spacial score (nSPS) is 18.1. The van der Waals surface area contributed by atoms with E-state index < -0.39 is 0 Å². The molecular weight excluding hydrogens is 272 g/mol. The molecule has 3 nitrogen and oxygen atoms in total. The lowest BCUT2D eigenvalue weighted by atomic mass is 9.66. The van der Waals surface area contributed by atoms with Crippen LogP contribution in [0.25, 0.3) is 0 Å². The molecule has 0 saturated heterocycles. The van der Waals surface area contributed by atoms with Crippen molar-refractivity contribution in [1.82, 2.24) is 5.32 Å². The molecule has 2 rings (SSSR count). The van der Waals surface area contributed by atoms with Crippen LogP contribution >= 0.6 is 11.6 Å². The molecule has 1 atom stereocenters. The number of hydrogen-bond acceptors (Lipinski definition) is 2. The molecule has 3 N–H and O–H groups in total. The summed E-state index contributed by atoms with van der Waals surface area (Å²) >= 11 is 5.97. The minimum atomic E-state index is 0.0693.